The van der Waals surface area contributed by atoms with Crippen LogP contribution in [-0.2, 0) is 4.74 Å². The first-order valence-electron chi connectivity index (χ1n) is 4.55. The number of rotatable bonds is 2. The molecule has 15 heavy (non-hydrogen) atoms. The van der Waals surface area contributed by atoms with Crippen molar-refractivity contribution >= 4 is 17.0 Å². The summed E-state index contributed by atoms with van der Waals surface area (Å²) in [5.74, 6) is -0.446. The van der Waals surface area contributed by atoms with Crippen LogP contribution in [0.2, 0.25) is 0 Å². The van der Waals surface area contributed by atoms with Crippen molar-refractivity contribution < 1.29 is 9.53 Å². The Morgan fingerprint density at radius 1 is 1.40 bits per heavy atom. The topological polar surface area (TPSA) is 65.0 Å². The normalized spacial score (nSPS) is 10.2. The highest BCUT2D eigenvalue weighted by Crippen LogP contribution is 2.12. The number of carbonyl (C=O) groups excluding carboxylic acids is 1. The lowest BCUT2D eigenvalue weighted by atomic mass is 10.2. The van der Waals surface area contributed by atoms with E-state index in [0.717, 1.165) is 0 Å². The molecule has 0 unspecified atom stereocenters. The van der Waals surface area contributed by atoms with Crippen LogP contribution in [0.5, 0.6) is 0 Å². The Hall–Kier alpha value is -2.04. The van der Waals surface area contributed by atoms with E-state index in [1.54, 1.807) is 25.3 Å². The number of carbonyl (C=O) groups is 1. The standard InChI is InChI=1S/C10H9N3O2/c1-2-15-10(14)8-7-4-3-5-11-9(7)13-6-12-8/h3-6H,2H2,1H3. The molecule has 2 aromatic heterocycles. The van der Waals surface area contributed by atoms with E-state index >= 15 is 0 Å². The number of ether oxygens (including phenoxy) is 1. The highest BCUT2D eigenvalue weighted by molar-refractivity contribution is 6.00. The van der Waals surface area contributed by atoms with E-state index in [-0.39, 0.29) is 5.69 Å². The fourth-order valence-electron chi connectivity index (χ4n) is 1.26. The van der Waals surface area contributed by atoms with Gasteiger partial charge in [0.15, 0.2) is 11.3 Å². The first-order chi connectivity index (χ1) is 7.33. The van der Waals surface area contributed by atoms with Crippen molar-refractivity contribution in [2.24, 2.45) is 0 Å². The molecule has 0 aliphatic heterocycles. The van der Waals surface area contributed by atoms with E-state index in [2.05, 4.69) is 15.0 Å². The van der Waals surface area contributed by atoms with Gasteiger partial charge < -0.3 is 4.74 Å². The molecular weight excluding hydrogens is 194 g/mol. The van der Waals surface area contributed by atoms with Gasteiger partial charge in [0.05, 0.1) is 12.0 Å². The van der Waals surface area contributed by atoms with Gasteiger partial charge in [0.2, 0.25) is 0 Å². The van der Waals surface area contributed by atoms with E-state index < -0.39 is 5.97 Å². The van der Waals surface area contributed by atoms with Gasteiger partial charge in [-0.3, -0.25) is 0 Å². The van der Waals surface area contributed by atoms with Crippen LogP contribution in [0.25, 0.3) is 11.0 Å². The SMILES string of the molecule is CCOC(=O)c1ncnc2ncccc12. The fraction of sp³-hybridized carbons (Fsp3) is 0.200. The first-order valence-corrected chi connectivity index (χ1v) is 4.55. The molecule has 0 saturated carbocycles. The van der Waals surface area contributed by atoms with Crippen molar-refractivity contribution in [3.05, 3.63) is 30.4 Å². The maximum Gasteiger partial charge on any atom is 0.357 e. The van der Waals surface area contributed by atoms with Gasteiger partial charge in [-0.2, -0.15) is 0 Å². The van der Waals surface area contributed by atoms with Crippen LogP contribution in [0.1, 0.15) is 17.4 Å². The largest absolute Gasteiger partial charge is 0.461 e. The Balaban J connectivity index is 2.56. The van der Waals surface area contributed by atoms with Crippen LogP contribution in [0, 0.1) is 0 Å². The van der Waals surface area contributed by atoms with Crippen molar-refractivity contribution in [1.82, 2.24) is 15.0 Å². The molecule has 0 saturated heterocycles. The maximum absolute atomic E-state index is 11.5. The van der Waals surface area contributed by atoms with Gasteiger partial charge in [0.1, 0.15) is 6.33 Å². The Labute approximate surface area is 86.1 Å². The number of hydrogen-bond acceptors (Lipinski definition) is 5. The zero-order valence-electron chi connectivity index (χ0n) is 8.17. The van der Waals surface area contributed by atoms with E-state index in [1.165, 1.54) is 6.33 Å². The number of pyridine rings is 1. The third kappa shape index (κ3) is 1.76. The summed E-state index contributed by atoms with van der Waals surface area (Å²) in [7, 11) is 0. The molecule has 0 amide bonds. The first kappa shape index (κ1) is 9.51. The quantitative estimate of drug-likeness (QED) is 0.686. The van der Waals surface area contributed by atoms with Gasteiger partial charge in [-0.15, -0.1) is 0 Å². The third-order valence-electron chi connectivity index (χ3n) is 1.88. The number of nitrogens with zero attached hydrogens (tertiary/aromatic N) is 3. The molecule has 2 heterocycles. The summed E-state index contributed by atoms with van der Waals surface area (Å²) in [6.45, 7) is 2.07. The van der Waals surface area contributed by atoms with E-state index in [1.807, 2.05) is 0 Å². The summed E-state index contributed by atoms with van der Waals surface area (Å²) in [5.41, 5.74) is 0.755. The van der Waals surface area contributed by atoms with Crippen LogP contribution in [0.4, 0.5) is 0 Å². The van der Waals surface area contributed by atoms with Crippen LogP contribution < -0.4 is 0 Å². The summed E-state index contributed by atoms with van der Waals surface area (Å²) < 4.78 is 4.88. The van der Waals surface area contributed by atoms with Gasteiger partial charge in [-0.1, -0.05) is 0 Å². The highest BCUT2D eigenvalue weighted by atomic mass is 16.5. The molecule has 0 radical (unpaired) electrons. The van der Waals surface area contributed by atoms with Gasteiger partial charge in [-0.25, -0.2) is 19.7 Å². The Morgan fingerprint density at radius 3 is 3.07 bits per heavy atom. The van der Waals surface area contributed by atoms with Gasteiger partial charge in [0.25, 0.3) is 0 Å². The predicted octanol–water partition coefficient (Wildman–Crippen LogP) is 1.20. The Kier molecular flexibility index (Phi) is 2.53. The maximum atomic E-state index is 11.5. The van der Waals surface area contributed by atoms with Crippen molar-refractivity contribution in [3.8, 4) is 0 Å². The molecule has 0 aliphatic rings. The lowest BCUT2D eigenvalue weighted by molar-refractivity contribution is 0.0522. The number of esters is 1. The average Bonchev–Trinajstić information content (AvgIpc) is 2.28. The van der Waals surface area contributed by atoms with E-state index in [0.29, 0.717) is 17.6 Å². The third-order valence-corrected chi connectivity index (χ3v) is 1.88. The minimum Gasteiger partial charge on any atom is -0.461 e. The fourth-order valence-corrected chi connectivity index (χ4v) is 1.26. The highest BCUT2D eigenvalue weighted by Gasteiger charge is 2.12. The summed E-state index contributed by atoms with van der Waals surface area (Å²) in [5, 5.41) is 0.610. The number of hydrogen-bond donors (Lipinski definition) is 0. The second-order valence-corrected chi connectivity index (χ2v) is 2.82. The molecule has 0 aliphatic carbocycles. The zero-order chi connectivity index (χ0) is 10.7. The van der Waals surface area contributed by atoms with Crippen molar-refractivity contribution in [3.63, 3.8) is 0 Å². The molecule has 0 atom stereocenters. The molecule has 0 spiro atoms. The molecule has 5 heteroatoms. The zero-order valence-corrected chi connectivity index (χ0v) is 8.17. The lowest BCUT2D eigenvalue weighted by Crippen LogP contribution is -2.08. The minimum atomic E-state index is -0.446. The lowest BCUT2D eigenvalue weighted by Gasteiger charge is -2.02. The second kappa shape index (κ2) is 4.00. The molecule has 2 aromatic rings. The van der Waals surface area contributed by atoms with Crippen LogP contribution >= 0.6 is 0 Å². The van der Waals surface area contributed by atoms with Crippen molar-refractivity contribution in [2.75, 3.05) is 6.61 Å². The van der Waals surface area contributed by atoms with Gasteiger partial charge >= 0.3 is 5.97 Å². The van der Waals surface area contributed by atoms with Crippen molar-refractivity contribution in [2.45, 2.75) is 6.92 Å². The summed E-state index contributed by atoms with van der Waals surface area (Å²) in [6, 6.07) is 3.48. The Morgan fingerprint density at radius 2 is 2.27 bits per heavy atom. The Bertz CT molecular complexity index is 493. The van der Waals surface area contributed by atoms with Crippen LogP contribution in [-0.4, -0.2) is 27.5 Å². The second-order valence-electron chi connectivity index (χ2n) is 2.82. The monoisotopic (exact) mass is 203 g/mol. The van der Waals surface area contributed by atoms with Crippen LogP contribution in [0.3, 0.4) is 0 Å². The van der Waals surface area contributed by atoms with Crippen molar-refractivity contribution in [1.29, 1.82) is 0 Å². The van der Waals surface area contributed by atoms with Gasteiger partial charge in [-0.05, 0) is 19.1 Å². The molecule has 2 rings (SSSR count). The molecule has 0 aromatic carbocycles. The predicted molar refractivity (Wildman–Crippen MR) is 53.3 cm³/mol. The molecular formula is C10H9N3O2. The molecule has 0 N–H and O–H groups in total. The summed E-state index contributed by atoms with van der Waals surface area (Å²) >= 11 is 0. The molecule has 76 valence electrons. The summed E-state index contributed by atoms with van der Waals surface area (Å²) in [6.07, 6.45) is 2.92. The minimum absolute atomic E-state index is 0.259. The van der Waals surface area contributed by atoms with E-state index in [9.17, 15) is 4.79 Å². The van der Waals surface area contributed by atoms with Gasteiger partial charge in [0, 0.05) is 6.20 Å². The molecule has 0 bridgehead atoms. The average molecular weight is 203 g/mol. The number of fused-ring (bicyclic) bond motifs is 1. The van der Waals surface area contributed by atoms with E-state index in [4.69, 9.17) is 4.74 Å². The molecule has 5 nitrogen and oxygen atoms in total. The van der Waals surface area contributed by atoms with Crippen LogP contribution in [0.15, 0.2) is 24.7 Å². The summed E-state index contributed by atoms with van der Waals surface area (Å²) in [4.78, 5) is 23.4. The smallest absolute Gasteiger partial charge is 0.357 e. The number of aromatic nitrogens is 3. The molecule has 0 fully saturated rings.